The van der Waals surface area contributed by atoms with Crippen molar-refractivity contribution >= 4 is 36.7 Å². The van der Waals surface area contributed by atoms with Gasteiger partial charge in [-0.25, -0.2) is 0 Å². The molecule has 0 aromatic carbocycles. The van der Waals surface area contributed by atoms with E-state index < -0.39 is 14.7 Å². The van der Waals surface area contributed by atoms with Crippen LogP contribution in [0.15, 0.2) is 0 Å². The van der Waals surface area contributed by atoms with Gasteiger partial charge in [-0.15, -0.1) is 0 Å². The maximum absolute atomic E-state index is 3.30. The van der Waals surface area contributed by atoms with E-state index >= 15 is 0 Å². The van der Waals surface area contributed by atoms with E-state index in [0.29, 0.717) is 0 Å². The number of rotatable bonds is 0. The normalized spacial score (nSPS) is 4.50. The summed E-state index contributed by atoms with van der Waals surface area (Å²) in [5, 5.41) is 0. The van der Waals surface area contributed by atoms with Gasteiger partial charge in [-0.2, -0.15) is 0 Å². The average molecular weight is 367 g/mol. The van der Waals surface area contributed by atoms with Crippen LogP contribution in [0.5, 0.6) is 0 Å². The second-order valence-corrected chi connectivity index (χ2v) is 34.2. The van der Waals surface area contributed by atoms with Crippen molar-refractivity contribution in [2.75, 3.05) is 0 Å². The van der Waals surface area contributed by atoms with Crippen molar-refractivity contribution < 1.29 is 25.7 Å². The summed E-state index contributed by atoms with van der Waals surface area (Å²) in [6.07, 6.45) is 0. The summed E-state index contributed by atoms with van der Waals surface area (Å²) in [4.78, 5) is 0. The molecule has 0 saturated carbocycles. The Bertz CT molecular complexity index is 13.5. The molecule has 0 radical (unpaired) electrons. The molecule has 0 aliphatic carbocycles. The Hall–Kier alpha value is 2.24. The third kappa shape index (κ3) is 34.1. The molecule has 0 bridgehead atoms. The Labute approximate surface area is 61.3 Å². The van der Waals surface area contributed by atoms with Gasteiger partial charge < -0.3 is 11.0 Å². The van der Waals surface area contributed by atoms with Crippen LogP contribution in [0.3, 0.4) is 0 Å². The van der Waals surface area contributed by atoms with Gasteiger partial charge in [-0.3, -0.25) is 0 Å². The molecule has 0 aliphatic rings. The van der Waals surface area contributed by atoms with Gasteiger partial charge in [0.05, 0.1) is 0 Å². The zero-order valence-corrected chi connectivity index (χ0v) is 9.85. The molecule has 0 saturated heterocycles. The SMILES string of the molecule is O.O.[Br][Zr]([Br])[Br]. The monoisotopic (exact) mass is 363 g/mol. The number of hydrogen-bond acceptors (Lipinski definition) is 0. The Morgan fingerprint density at radius 2 is 0.833 bits per heavy atom. The summed E-state index contributed by atoms with van der Waals surface area (Å²) in [6.45, 7) is 0. The van der Waals surface area contributed by atoms with Crippen LogP contribution >= 0.6 is 36.7 Å². The van der Waals surface area contributed by atoms with E-state index in [-0.39, 0.29) is 11.0 Å². The van der Waals surface area contributed by atoms with E-state index in [4.69, 9.17) is 0 Å². The van der Waals surface area contributed by atoms with E-state index in [2.05, 4.69) is 36.7 Å². The molecule has 6 heavy (non-hydrogen) atoms. The van der Waals surface area contributed by atoms with Gasteiger partial charge in [-0.1, -0.05) is 0 Å². The van der Waals surface area contributed by atoms with Gasteiger partial charge in [0.15, 0.2) is 0 Å². The van der Waals surface area contributed by atoms with Crippen molar-refractivity contribution in [2.24, 2.45) is 0 Å². The van der Waals surface area contributed by atoms with Gasteiger partial charge >= 0.3 is 51.4 Å². The molecular weight excluding hydrogens is 363 g/mol. The minimum absolute atomic E-state index is 0. The molecule has 0 aromatic rings. The molecule has 4 N–H and O–H groups in total. The fraction of sp³-hybridized carbons (Fsp3) is 0. The van der Waals surface area contributed by atoms with Crippen molar-refractivity contribution in [1.82, 2.24) is 0 Å². The average Bonchev–Trinajstić information content (AvgIpc) is 0.811. The van der Waals surface area contributed by atoms with Gasteiger partial charge in [-0.05, 0) is 0 Å². The summed E-state index contributed by atoms with van der Waals surface area (Å²) in [5.74, 6) is 0. The number of halogens is 3. The molecule has 0 heterocycles. The second-order valence-electron chi connectivity index (χ2n) is 0.214. The second kappa shape index (κ2) is 10.3. The first-order valence-electron chi connectivity index (χ1n) is 0.567. The first kappa shape index (κ1) is 15.7. The van der Waals surface area contributed by atoms with Crippen molar-refractivity contribution in [3.05, 3.63) is 0 Å². The molecule has 0 unspecified atom stereocenters. The zero-order chi connectivity index (χ0) is 3.58. The van der Waals surface area contributed by atoms with Crippen LogP contribution in [0.1, 0.15) is 0 Å². The molecule has 0 atom stereocenters. The molecule has 0 rings (SSSR count). The van der Waals surface area contributed by atoms with Crippen LogP contribution in [-0.4, -0.2) is 11.0 Å². The third-order valence-corrected chi connectivity index (χ3v) is 0. The first-order chi connectivity index (χ1) is 1.73. The fourth-order valence-electron chi connectivity index (χ4n) is 0. The fourth-order valence-corrected chi connectivity index (χ4v) is 0. The molecule has 0 fully saturated rings. The van der Waals surface area contributed by atoms with Gasteiger partial charge in [0, 0.05) is 0 Å². The molecule has 0 amide bonds. The van der Waals surface area contributed by atoms with E-state index in [1.165, 1.54) is 0 Å². The first-order valence-corrected chi connectivity index (χ1v) is 17.4. The molecular formula is H4Br3O2Zr. The Balaban J connectivity index is -0.0000000450. The molecule has 0 aliphatic heterocycles. The van der Waals surface area contributed by atoms with E-state index in [1.807, 2.05) is 0 Å². The zero-order valence-electron chi connectivity index (χ0n) is 2.63. The van der Waals surface area contributed by atoms with Crippen LogP contribution in [0.4, 0.5) is 0 Å². The van der Waals surface area contributed by atoms with Crippen molar-refractivity contribution in [1.29, 1.82) is 0 Å². The number of hydrogen-bond donors (Lipinski definition) is 0. The Morgan fingerprint density at radius 1 is 0.833 bits per heavy atom. The van der Waals surface area contributed by atoms with Crippen LogP contribution in [0, 0.1) is 0 Å². The van der Waals surface area contributed by atoms with Crippen LogP contribution < -0.4 is 0 Å². The van der Waals surface area contributed by atoms with E-state index in [1.54, 1.807) is 0 Å². The maximum atomic E-state index is 3.30. The Kier molecular flexibility index (Phi) is 26.9. The summed E-state index contributed by atoms with van der Waals surface area (Å²) in [5.41, 5.74) is 0. The van der Waals surface area contributed by atoms with Crippen molar-refractivity contribution in [3.8, 4) is 0 Å². The molecule has 0 aromatic heterocycles. The van der Waals surface area contributed by atoms with Crippen molar-refractivity contribution in [2.45, 2.75) is 0 Å². The van der Waals surface area contributed by atoms with Crippen LogP contribution in [0.2, 0.25) is 0 Å². The molecule has 6 heteroatoms. The van der Waals surface area contributed by atoms with E-state index in [0.717, 1.165) is 0 Å². The predicted octanol–water partition coefficient (Wildman–Crippen LogP) is 0.885. The summed E-state index contributed by atoms with van der Waals surface area (Å²) in [7, 11) is 0. The summed E-state index contributed by atoms with van der Waals surface area (Å²) >= 11 is 8.80. The third-order valence-electron chi connectivity index (χ3n) is 0. The molecule has 2 nitrogen and oxygen atoms in total. The summed E-state index contributed by atoms with van der Waals surface area (Å²) < 4.78 is 0. The van der Waals surface area contributed by atoms with Crippen LogP contribution in [-0.2, 0) is 14.7 Å². The summed E-state index contributed by atoms with van der Waals surface area (Å²) in [6, 6.07) is 0. The van der Waals surface area contributed by atoms with Gasteiger partial charge in [0.1, 0.15) is 0 Å². The molecule has 41 valence electrons. The minimum atomic E-state index is -1.11. The Morgan fingerprint density at radius 3 is 0.833 bits per heavy atom. The van der Waals surface area contributed by atoms with Crippen LogP contribution in [0.25, 0.3) is 0 Å². The topological polar surface area (TPSA) is 63.0 Å². The molecule has 0 spiro atoms. The van der Waals surface area contributed by atoms with E-state index in [9.17, 15) is 0 Å². The predicted molar refractivity (Wildman–Crippen MR) is 34.0 cm³/mol. The van der Waals surface area contributed by atoms with Crippen molar-refractivity contribution in [3.63, 3.8) is 0 Å². The standard InChI is InChI=1S/3BrH.2H2O.Zr/h3*1H;2*1H2;/q;;;;;+3/p-3. The van der Waals surface area contributed by atoms with Gasteiger partial charge in [0.25, 0.3) is 0 Å². The quantitative estimate of drug-likeness (QED) is 0.611. The van der Waals surface area contributed by atoms with Gasteiger partial charge in [0.2, 0.25) is 0 Å².